The average Bonchev–Trinajstić information content (AvgIpc) is 2.84. The highest BCUT2D eigenvalue weighted by atomic mass is 16.7. The maximum atomic E-state index is 12.1. The van der Waals surface area contributed by atoms with E-state index in [-0.39, 0.29) is 18.7 Å². The lowest BCUT2D eigenvalue weighted by Gasteiger charge is -2.47. The van der Waals surface area contributed by atoms with Gasteiger partial charge in [0.05, 0.1) is 26.9 Å². The van der Waals surface area contributed by atoms with Crippen molar-refractivity contribution >= 4 is 11.9 Å². The molecule has 15 nitrogen and oxygen atoms in total. The predicted molar refractivity (Wildman–Crippen MR) is 113 cm³/mol. The molecule has 35 heavy (non-hydrogen) atoms. The van der Waals surface area contributed by atoms with Gasteiger partial charge in [-0.1, -0.05) is 0 Å². The lowest BCUT2D eigenvalue weighted by Crippen LogP contribution is -2.68. The molecule has 2 rings (SSSR count). The van der Waals surface area contributed by atoms with Crippen LogP contribution in [-0.2, 0) is 28.5 Å². The molecule has 0 aliphatic carbocycles. The number of rotatable bonds is 11. The maximum absolute atomic E-state index is 12.1. The molecule has 2 saturated heterocycles. The van der Waals surface area contributed by atoms with E-state index in [1.807, 2.05) is 0 Å². The monoisotopic (exact) mass is 512 g/mol. The molecule has 2 heterocycles. The molecule has 0 spiro atoms. The van der Waals surface area contributed by atoms with E-state index in [4.69, 9.17) is 18.9 Å². The Morgan fingerprint density at radius 2 is 1.83 bits per heavy atom. The van der Waals surface area contributed by atoms with Crippen LogP contribution in [0.3, 0.4) is 0 Å². The summed E-state index contributed by atoms with van der Waals surface area (Å²) < 4.78 is 20.6. The highest BCUT2D eigenvalue weighted by molar-refractivity contribution is 5.79. The van der Waals surface area contributed by atoms with Gasteiger partial charge in [-0.15, -0.1) is 0 Å². The third-order valence-corrected chi connectivity index (χ3v) is 5.92. The molecule has 2 unspecified atom stereocenters. The van der Waals surface area contributed by atoms with Crippen LogP contribution < -0.4 is 10.6 Å². The molecule has 0 aromatic rings. The first-order valence-electron chi connectivity index (χ1n) is 11.2. The third kappa shape index (κ3) is 7.27. The van der Waals surface area contributed by atoms with Gasteiger partial charge in [0.25, 0.3) is 0 Å². The Labute approximate surface area is 201 Å². The second-order valence-electron chi connectivity index (χ2n) is 8.41. The van der Waals surface area contributed by atoms with Crippen LogP contribution in [0.25, 0.3) is 0 Å². The first kappa shape index (κ1) is 29.7. The molecule has 2 fully saturated rings. The number of aliphatic hydroxyl groups is 7. The Kier molecular flexibility index (Phi) is 11.2. The van der Waals surface area contributed by atoms with E-state index in [1.54, 1.807) is 6.92 Å². The Balaban J connectivity index is 2.07. The summed E-state index contributed by atoms with van der Waals surface area (Å²) in [6.07, 6.45) is -13.3. The van der Waals surface area contributed by atoms with Crippen molar-refractivity contribution in [2.75, 3.05) is 33.4 Å². The summed E-state index contributed by atoms with van der Waals surface area (Å²) in [7, 11) is 1.14. The van der Waals surface area contributed by atoms with Crippen LogP contribution in [0, 0.1) is 0 Å². The van der Waals surface area contributed by atoms with E-state index >= 15 is 0 Å². The summed E-state index contributed by atoms with van der Waals surface area (Å²) >= 11 is 0. The average molecular weight is 513 g/mol. The second-order valence-corrected chi connectivity index (χ2v) is 8.41. The van der Waals surface area contributed by atoms with E-state index < -0.39 is 86.6 Å². The van der Waals surface area contributed by atoms with Crippen molar-refractivity contribution in [3.05, 3.63) is 0 Å². The number of carbonyl (C=O) groups is 2. The molecule has 1 amide bonds. The molecular weight excluding hydrogens is 476 g/mol. The van der Waals surface area contributed by atoms with Crippen molar-refractivity contribution in [1.29, 1.82) is 0 Å². The van der Waals surface area contributed by atoms with Gasteiger partial charge in [0, 0.05) is 13.0 Å². The van der Waals surface area contributed by atoms with Crippen LogP contribution in [0.15, 0.2) is 0 Å². The van der Waals surface area contributed by atoms with Gasteiger partial charge in [0.15, 0.2) is 6.29 Å². The number of hydrogen-bond donors (Lipinski definition) is 9. The van der Waals surface area contributed by atoms with E-state index in [1.165, 1.54) is 0 Å². The van der Waals surface area contributed by atoms with Crippen molar-refractivity contribution < 1.29 is 64.3 Å². The molecule has 2 aliphatic heterocycles. The number of esters is 1. The van der Waals surface area contributed by atoms with Crippen LogP contribution in [0.2, 0.25) is 0 Å². The summed E-state index contributed by atoms with van der Waals surface area (Å²) in [6.45, 7) is 0.349. The van der Waals surface area contributed by atoms with Crippen molar-refractivity contribution in [2.24, 2.45) is 0 Å². The van der Waals surface area contributed by atoms with Crippen molar-refractivity contribution in [3.8, 4) is 0 Å². The topological polar surface area (TPSA) is 237 Å². The number of carbonyl (C=O) groups excluding carboxylic acids is 2. The second kappa shape index (κ2) is 13.2. The van der Waals surface area contributed by atoms with Gasteiger partial charge in [0.1, 0.15) is 48.8 Å². The number of nitrogens with one attached hydrogen (secondary N) is 2. The molecule has 0 aromatic heterocycles. The van der Waals surface area contributed by atoms with Gasteiger partial charge in [-0.3, -0.25) is 14.9 Å². The summed E-state index contributed by atoms with van der Waals surface area (Å²) in [5, 5.41) is 76.4. The van der Waals surface area contributed by atoms with Crippen LogP contribution in [0.5, 0.6) is 0 Å². The van der Waals surface area contributed by atoms with E-state index in [0.717, 1.165) is 7.11 Å². The number of methoxy groups -OCH3 is 1. The third-order valence-electron chi connectivity index (χ3n) is 5.92. The molecule has 0 aromatic carbocycles. The fraction of sp³-hybridized carbons (Fsp3) is 0.900. The molecule has 0 radical (unpaired) electrons. The zero-order chi connectivity index (χ0) is 26.3. The molecule has 10 atom stereocenters. The smallest absolute Gasteiger partial charge is 0.322 e. The van der Waals surface area contributed by atoms with Gasteiger partial charge in [-0.25, -0.2) is 0 Å². The highest BCUT2D eigenvalue weighted by Crippen LogP contribution is 2.30. The van der Waals surface area contributed by atoms with Crippen LogP contribution >= 0.6 is 0 Å². The number of aliphatic hydroxyl groups excluding tert-OH is 6. The first-order valence-corrected chi connectivity index (χ1v) is 11.2. The lowest BCUT2D eigenvalue weighted by molar-refractivity contribution is -0.367. The van der Waals surface area contributed by atoms with Crippen LogP contribution in [-0.4, -0.2) is 142 Å². The van der Waals surface area contributed by atoms with Gasteiger partial charge >= 0.3 is 5.97 Å². The fourth-order valence-electron chi connectivity index (χ4n) is 3.81. The van der Waals surface area contributed by atoms with Crippen molar-refractivity contribution in [2.45, 2.75) is 80.6 Å². The maximum Gasteiger partial charge on any atom is 0.322 e. The quantitative estimate of drug-likeness (QED) is 0.118. The minimum absolute atomic E-state index is 0.0120. The minimum atomic E-state index is -2.39. The van der Waals surface area contributed by atoms with E-state index in [9.17, 15) is 45.3 Å². The summed E-state index contributed by atoms with van der Waals surface area (Å²) in [5.74, 6) is -3.42. The Hall–Kier alpha value is -1.50. The standard InChI is InChI=1S/C20H36N2O13/c1-3-21-12(25)5-4-9(18(30)32-2)22-8-20(31)17(29)16(10(24)7-33-20)35-19-15(28)14(27)13(26)11(6-23)34-19/h9-11,13-17,19,22-24,26-29,31H,3-8H2,1-2H3,(H,21,25)/t9?,10-,11-,13-,14+,15-,16-,17+,19-,20?/m1/s1. The molecule has 0 saturated carbocycles. The first-order chi connectivity index (χ1) is 16.5. The van der Waals surface area contributed by atoms with Gasteiger partial charge < -0.3 is 60.0 Å². The Morgan fingerprint density at radius 1 is 1.14 bits per heavy atom. The summed E-state index contributed by atoms with van der Waals surface area (Å²) in [6, 6.07) is -1.04. The largest absolute Gasteiger partial charge is 0.468 e. The van der Waals surface area contributed by atoms with Crippen LogP contribution in [0.1, 0.15) is 19.8 Å². The Bertz CT molecular complexity index is 698. The van der Waals surface area contributed by atoms with Crippen molar-refractivity contribution in [1.82, 2.24) is 10.6 Å². The summed E-state index contributed by atoms with van der Waals surface area (Å²) in [4.78, 5) is 23.8. The number of amides is 1. The number of hydrogen-bond acceptors (Lipinski definition) is 14. The minimum Gasteiger partial charge on any atom is -0.468 e. The van der Waals surface area contributed by atoms with Crippen LogP contribution in [0.4, 0.5) is 0 Å². The zero-order valence-corrected chi connectivity index (χ0v) is 19.5. The molecule has 204 valence electrons. The van der Waals surface area contributed by atoms with Crippen molar-refractivity contribution in [3.63, 3.8) is 0 Å². The predicted octanol–water partition coefficient (Wildman–Crippen LogP) is -5.34. The summed E-state index contributed by atoms with van der Waals surface area (Å²) in [5.41, 5.74) is 0. The molecule has 2 aliphatic rings. The molecule has 0 bridgehead atoms. The van der Waals surface area contributed by atoms with Gasteiger partial charge in [-0.05, 0) is 13.3 Å². The van der Waals surface area contributed by atoms with Gasteiger partial charge in [-0.2, -0.15) is 0 Å². The Morgan fingerprint density at radius 3 is 2.43 bits per heavy atom. The molecule has 9 N–H and O–H groups in total. The zero-order valence-electron chi connectivity index (χ0n) is 19.5. The molecular formula is C20H36N2O13. The van der Waals surface area contributed by atoms with E-state index in [0.29, 0.717) is 6.54 Å². The normalized spacial score (nSPS) is 38.5. The SMILES string of the molecule is CCNC(=O)CCC(NCC1(O)OC[C@@H](O)[C@@H](O[C@H]2O[C@H](CO)[C@@H](O)[C@H](O)[C@H]2O)[C@@H]1O)C(=O)OC. The number of ether oxygens (including phenoxy) is 4. The highest BCUT2D eigenvalue weighted by Gasteiger charge is 2.53. The molecule has 15 heteroatoms. The lowest BCUT2D eigenvalue weighted by atomic mass is 9.95. The fourth-order valence-corrected chi connectivity index (χ4v) is 3.81. The van der Waals surface area contributed by atoms with E-state index in [2.05, 4.69) is 10.6 Å². The van der Waals surface area contributed by atoms with Gasteiger partial charge in [0.2, 0.25) is 11.7 Å².